The van der Waals surface area contributed by atoms with Crippen molar-refractivity contribution in [1.29, 1.82) is 0 Å². The van der Waals surface area contributed by atoms with Crippen LogP contribution in [0, 0.1) is 5.82 Å². The standard InChI is InChI=1S/C20H18FNO3/c1-24-19-13-15-5-3-2-4-14(15)12-18(19)20(23)22-10-11-25-17-8-6-16(21)7-9-17/h2-9,12-13H,10-11H2,1H3,(H,22,23). The number of ether oxygens (including phenoxy) is 2. The van der Waals surface area contributed by atoms with Gasteiger partial charge < -0.3 is 14.8 Å². The zero-order valence-corrected chi connectivity index (χ0v) is 13.8. The van der Waals surface area contributed by atoms with E-state index in [0.29, 0.717) is 23.6 Å². The largest absolute Gasteiger partial charge is 0.496 e. The average molecular weight is 339 g/mol. The number of fused-ring (bicyclic) bond motifs is 1. The molecule has 1 N–H and O–H groups in total. The molecule has 3 aromatic rings. The quantitative estimate of drug-likeness (QED) is 0.695. The Bertz CT molecular complexity index is 878. The minimum atomic E-state index is -0.316. The van der Waals surface area contributed by atoms with E-state index < -0.39 is 0 Å². The number of hydrogen-bond acceptors (Lipinski definition) is 3. The second-order valence-corrected chi connectivity index (χ2v) is 5.46. The molecule has 5 heteroatoms. The molecule has 4 nitrogen and oxygen atoms in total. The predicted molar refractivity (Wildman–Crippen MR) is 94.7 cm³/mol. The first-order valence-electron chi connectivity index (χ1n) is 7.91. The molecule has 0 aliphatic rings. The van der Waals surface area contributed by atoms with Crippen LogP contribution in [0.4, 0.5) is 4.39 Å². The molecule has 1 amide bonds. The highest BCUT2D eigenvalue weighted by molar-refractivity contribution is 6.01. The lowest BCUT2D eigenvalue weighted by Crippen LogP contribution is -2.28. The van der Waals surface area contributed by atoms with E-state index >= 15 is 0 Å². The van der Waals surface area contributed by atoms with Gasteiger partial charge in [0.25, 0.3) is 5.91 Å². The number of methoxy groups -OCH3 is 1. The van der Waals surface area contributed by atoms with E-state index in [-0.39, 0.29) is 18.3 Å². The van der Waals surface area contributed by atoms with E-state index in [1.165, 1.54) is 12.1 Å². The molecule has 0 unspecified atom stereocenters. The SMILES string of the molecule is COc1cc2ccccc2cc1C(=O)NCCOc1ccc(F)cc1. The van der Waals surface area contributed by atoms with Gasteiger partial charge in [-0.3, -0.25) is 4.79 Å². The lowest BCUT2D eigenvalue weighted by atomic mass is 10.1. The van der Waals surface area contributed by atoms with E-state index in [4.69, 9.17) is 9.47 Å². The molecule has 3 rings (SSSR count). The molecule has 3 aromatic carbocycles. The molecule has 0 saturated heterocycles. The Balaban J connectivity index is 1.62. The van der Waals surface area contributed by atoms with Gasteiger partial charge in [-0.15, -0.1) is 0 Å². The number of carbonyl (C=O) groups excluding carboxylic acids is 1. The van der Waals surface area contributed by atoms with Crippen LogP contribution >= 0.6 is 0 Å². The fourth-order valence-corrected chi connectivity index (χ4v) is 2.53. The lowest BCUT2D eigenvalue weighted by molar-refractivity contribution is 0.0944. The van der Waals surface area contributed by atoms with Gasteiger partial charge in [0.2, 0.25) is 0 Å². The molecular weight excluding hydrogens is 321 g/mol. The van der Waals surface area contributed by atoms with Crippen LogP contribution in [-0.4, -0.2) is 26.2 Å². The van der Waals surface area contributed by atoms with Crippen molar-refractivity contribution in [1.82, 2.24) is 5.32 Å². The van der Waals surface area contributed by atoms with Gasteiger partial charge in [0.1, 0.15) is 23.9 Å². The molecule has 0 saturated carbocycles. The Hall–Kier alpha value is -3.08. The van der Waals surface area contributed by atoms with Crippen molar-refractivity contribution < 1.29 is 18.7 Å². The van der Waals surface area contributed by atoms with Crippen LogP contribution in [0.1, 0.15) is 10.4 Å². The summed E-state index contributed by atoms with van der Waals surface area (Å²) in [5.41, 5.74) is 0.475. The zero-order valence-electron chi connectivity index (χ0n) is 13.8. The number of nitrogens with one attached hydrogen (secondary N) is 1. The fourth-order valence-electron chi connectivity index (χ4n) is 2.53. The van der Waals surface area contributed by atoms with Crippen LogP contribution < -0.4 is 14.8 Å². The molecule has 0 spiro atoms. The van der Waals surface area contributed by atoms with Crippen molar-refractivity contribution in [2.24, 2.45) is 0 Å². The summed E-state index contributed by atoms with van der Waals surface area (Å²) in [5, 5.41) is 4.78. The first-order chi connectivity index (χ1) is 12.2. The first kappa shape index (κ1) is 16.8. The molecule has 128 valence electrons. The maximum absolute atomic E-state index is 12.8. The summed E-state index contributed by atoms with van der Waals surface area (Å²) in [7, 11) is 1.54. The van der Waals surface area contributed by atoms with Gasteiger partial charge in [0, 0.05) is 0 Å². The van der Waals surface area contributed by atoms with Crippen LogP contribution in [-0.2, 0) is 0 Å². The third-order valence-electron chi connectivity index (χ3n) is 3.78. The van der Waals surface area contributed by atoms with Crippen LogP contribution in [0.3, 0.4) is 0 Å². The van der Waals surface area contributed by atoms with Crippen LogP contribution in [0.15, 0.2) is 60.7 Å². The van der Waals surface area contributed by atoms with Gasteiger partial charge in [-0.1, -0.05) is 24.3 Å². The maximum Gasteiger partial charge on any atom is 0.255 e. The monoisotopic (exact) mass is 339 g/mol. The van der Waals surface area contributed by atoms with E-state index in [1.807, 2.05) is 36.4 Å². The number of amides is 1. The van der Waals surface area contributed by atoms with Crippen molar-refractivity contribution >= 4 is 16.7 Å². The third kappa shape index (κ3) is 4.07. The van der Waals surface area contributed by atoms with Crippen molar-refractivity contribution in [2.45, 2.75) is 0 Å². The molecule has 0 radical (unpaired) electrons. The van der Waals surface area contributed by atoms with Gasteiger partial charge in [-0.2, -0.15) is 0 Å². The molecule has 0 atom stereocenters. The fraction of sp³-hybridized carbons (Fsp3) is 0.150. The number of hydrogen-bond donors (Lipinski definition) is 1. The summed E-state index contributed by atoms with van der Waals surface area (Å²) >= 11 is 0. The summed E-state index contributed by atoms with van der Waals surface area (Å²) in [5.74, 6) is 0.531. The molecule has 0 heterocycles. The summed E-state index contributed by atoms with van der Waals surface area (Å²) in [6.45, 7) is 0.611. The highest BCUT2D eigenvalue weighted by Gasteiger charge is 2.13. The lowest BCUT2D eigenvalue weighted by Gasteiger charge is -2.11. The van der Waals surface area contributed by atoms with E-state index in [2.05, 4.69) is 5.32 Å². The van der Waals surface area contributed by atoms with Gasteiger partial charge >= 0.3 is 0 Å². The topological polar surface area (TPSA) is 47.6 Å². The highest BCUT2D eigenvalue weighted by Crippen LogP contribution is 2.25. The number of benzene rings is 3. The Morgan fingerprint density at radius 1 is 1.04 bits per heavy atom. The van der Waals surface area contributed by atoms with Crippen LogP contribution in [0.25, 0.3) is 10.8 Å². The molecular formula is C20H18FNO3. The summed E-state index contributed by atoms with van der Waals surface area (Å²) in [6.07, 6.45) is 0. The van der Waals surface area contributed by atoms with E-state index in [1.54, 1.807) is 19.2 Å². The Morgan fingerprint density at radius 3 is 2.40 bits per heavy atom. The Morgan fingerprint density at radius 2 is 1.72 bits per heavy atom. The minimum Gasteiger partial charge on any atom is -0.496 e. The zero-order chi connectivity index (χ0) is 17.6. The normalized spacial score (nSPS) is 10.5. The summed E-state index contributed by atoms with van der Waals surface area (Å²) in [4.78, 5) is 12.4. The van der Waals surface area contributed by atoms with E-state index in [9.17, 15) is 9.18 Å². The van der Waals surface area contributed by atoms with Gasteiger partial charge in [0.05, 0.1) is 19.2 Å². The van der Waals surface area contributed by atoms with Crippen LogP contribution in [0.2, 0.25) is 0 Å². The van der Waals surface area contributed by atoms with Gasteiger partial charge in [-0.25, -0.2) is 4.39 Å². The maximum atomic E-state index is 12.8. The number of carbonyl (C=O) groups is 1. The minimum absolute atomic E-state index is 0.231. The van der Waals surface area contributed by atoms with Crippen LogP contribution in [0.5, 0.6) is 11.5 Å². The predicted octanol–water partition coefficient (Wildman–Crippen LogP) is 3.80. The molecule has 0 bridgehead atoms. The molecule has 0 aliphatic carbocycles. The summed E-state index contributed by atoms with van der Waals surface area (Å²) < 4.78 is 23.6. The van der Waals surface area contributed by atoms with Crippen molar-refractivity contribution in [3.63, 3.8) is 0 Å². The van der Waals surface area contributed by atoms with Crippen molar-refractivity contribution in [3.8, 4) is 11.5 Å². The molecule has 0 aliphatic heterocycles. The number of rotatable bonds is 6. The van der Waals surface area contributed by atoms with Gasteiger partial charge in [0.15, 0.2) is 0 Å². The Kier molecular flexibility index (Phi) is 5.14. The highest BCUT2D eigenvalue weighted by atomic mass is 19.1. The van der Waals surface area contributed by atoms with Crippen molar-refractivity contribution in [3.05, 3.63) is 72.0 Å². The third-order valence-corrected chi connectivity index (χ3v) is 3.78. The van der Waals surface area contributed by atoms with Crippen molar-refractivity contribution in [2.75, 3.05) is 20.3 Å². The molecule has 0 aromatic heterocycles. The number of halogens is 1. The summed E-state index contributed by atoms with van der Waals surface area (Å²) in [6, 6.07) is 17.2. The second-order valence-electron chi connectivity index (χ2n) is 5.46. The van der Waals surface area contributed by atoms with E-state index in [0.717, 1.165) is 10.8 Å². The van der Waals surface area contributed by atoms with Gasteiger partial charge in [-0.05, 0) is 47.2 Å². The smallest absolute Gasteiger partial charge is 0.255 e. The second kappa shape index (κ2) is 7.66. The first-order valence-corrected chi connectivity index (χ1v) is 7.91. The Labute approximate surface area is 145 Å². The molecule has 0 fully saturated rings. The molecule has 25 heavy (non-hydrogen) atoms. The average Bonchev–Trinajstić information content (AvgIpc) is 2.65.